The number of benzene rings is 1. The molecule has 0 radical (unpaired) electrons. The van der Waals surface area contributed by atoms with Crippen LogP contribution in [0.4, 0.5) is 0 Å². The van der Waals surface area contributed by atoms with Crippen LogP contribution in [-0.4, -0.2) is 0 Å². The molecule has 14 heavy (non-hydrogen) atoms. The zero-order valence-corrected chi connectivity index (χ0v) is 8.97. The first-order valence-electron chi connectivity index (χ1n) is 4.57. The highest BCUT2D eigenvalue weighted by molar-refractivity contribution is 7.08. The maximum Gasteiger partial charge on any atom is -0.00146 e. The van der Waals surface area contributed by atoms with Crippen molar-refractivity contribution < 1.29 is 0 Å². The third kappa shape index (κ3) is 1.64. The average Bonchev–Trinajstić information content (AvgIpc) is 2.71. The Balaban J connectivity index is 2.57. The lowest BCUT2D eigenvalue weighted by Gasteiger charge is -2.04. The van der Waals surface area contributed by atoms with Crippen molar-refractivity contribution in [2.24, 2.45) is 0 Å². The Hall–Kier alpha value is -1.34. The Morgan fingerprint density at radius 2 is 2.14 bits per heavy atom. The number of rotatable bonds is 2. The van der Waals surface area contributed by atoms with E-state index in [2.05, 4.69) is 48.5 Å². The van der Waals surface area contributed by atoms with Crippen molar-refractivity contribution >= 4 is 17.4 Å². The van der Waals surface area contributed by atoms with Gasteiger partial charge in [-0.1, -0.05) is 24.8 Å². The molecule has 1 aromatic carbocycles. The summed E-state index contributed by atoms with van der Waals surface area (Å²) in [6.45, 7) is 5.92. The van der Waals surface area contributed by atoms with Gasteiger partial charge in [-0.3, -0.25) is 0 Å². The molecule has 0 spiro atoms. The molecule has 0 saturated heterocycles. The van der Waals surface area contributed by atoms with Crippen molar-refractivity contribution in [3.8, 4) is 11.1 Å². The van der Waals surface area contributed by atoms with Gasteiger partial charge >= 0.3 is 0 Å². The second-order valence-corrected chi connectivity index (χ2v) is 4.07. The number of hydrogen-bond donors (Lipinski definition) is 0. The van der Waals surface area contributed by atoms with E-state index in [1.807, 2.05) is 6.08 Å². The summed E-state index contributed by atoms with van der Waals surface area (Å²) in [6, 6.07) is 8.58. The second kappa shape index (κ2) is 3.81. The fourth-order valence-corrected chi connectivity index (χ4v) is 2.15. The van der Waals surface area contributed by atoms with Crippen LogP contribution >= 0.6 is 11.3 Å². The van der Waals surface area contributed by atoms with Crippen molar-refractivity contribution in [2.75, 3.05) is 0 Å². The van der Waals surface area contributed by atoms with E-state index in [9.17, 15) is 0 Å². The molecule has 0 bridgehead atoms. The van der Waals surface area contributed by atoms with Gasteiger partial charge in [-0.15, -0.1) is 0 Å². The van der Waals surface area contributed by atoms with Crippen LogP contribution in [0.5, 0.6) is 0 Å². The first-order chi connectivity index (χ1) is 6.81. The molecule has 0 unspecified atom stereocenters. The molecule has 70 valence electrons. The fourth-order valence-electron chi connectivity index (χ4n) is 1.50. The summed E-state index contributed by atoms with van der Waals surface area (Å²) in [4.78, 5) is 0. The highest BCUT2D eigenvalue weighted by atomic mass is 32.1. The van der Waals surface area contributed by atoms with E-state index < -0.39 is 0 Å². The first-order valence-corrected chi connectivity index (χ1v) is 5.51. The predicted octanol–water partition coefficient (Wildman–Crippen LogP) is 4.37. The van der Waals surface area contributed by atoms with Crippen molar-refractivity contribution in [3.05, 3.63) is 52.7 Å². The molecule has 0 N–H and O–H groups in total. The van der Waals surface area contributed by atoms with E-state index in [0.29, 0.717) is 0 Å². The summed E-state index contributed by atoms with van der Waals surface area (Å²) in [5.74, 6) is 0. The summed E-state index contributed by atoms with van der Waals surface area (Å²) in [5, 5.41) is 4.28. The number of hydrogen-bond acceptors (Lipinski definition) is 1. The largest absolute Gasteiger partial charge is 0.152 e. The van der Waals surface area contributed by atoms with Crippen molar-refractivity contribution in [2.45, 2.75) is 6.92 Å². The quantitative estimate of drug-likeness (QED) is 0.675. The Labute approximate surface area is 88.5 Å². The molecule has 0 aliphatic rings. The van der Waals surface area contributed by atoms with Gasteiger partial charge in [0.25, 0.3) is 0 Å². The van der Waals surface area contributed by atoms with Crippen LogP contribution in [0.2, 0.25) is 0 Å². The highest BCUT2D eigenvalue weighted by Gasteiger charge is 2.01. The normalized spacial score (nSPS) is 10.1. The summed E-state index contributed by atoms with van der Waals surface area (Å²) < 4.78 is 0. The van der Waals surface area contributed by atoms with E-state index in [-0.39, 0.29) is 0 Å². The van der Waals surface area contributed by atoms with Gasteiger partial charge in [0, 0.05) is 0 Å². The fraction of sp³-hybridized carbons (Fsp3) is 0.0769. The van der Waals surface area contributed by atoms with E-state index >= 15 is 0 Å². The van der Waals surface area contributed by atoms with Gasteiger partial charge in [0.2, 0.25) is 0 Å². The monoisotopic (exact) mass is 200 g/mol. The first kappa shape index (κ1) is 9.22. The van der Waals surface area contributed by atoms with Crippen LogP contribution in [0.1, 0.15) is 11.1 Å². The maximum absolute atomic E-state index is 3.79. The Morgan fingerprint density at radius 1 is 1.29 bits per heavy atom. The number of aryl methyl sites for hydroxylation is 1. The van der Waals surface area contributed by atoms with Gasteiger partial charge in [-0.25, -0.2) is 0 Å². The van der Waals surface area contributed by atoms with Crippen LogP contribution in [-0.2, 0) is 0 Å². The van der Waals surface area contributed by atoms with Crippen LogP contribution in [0.25, 0.3) is 17.2 Å². The minimum atomic E-state index is 1.18. The highest BCUT2D eigenvalue weighted by Crippen LogP contribution is 2.26. The van der Waals surface area contributed by atoms with Crippen LogP contribution in [0.3, 0.4) is 0 Å². The van der Waals surface area contributed by atoms with E-state index in [0.717, 1.165) is 0 Å². The molecule has 2 aromatic rings. The minimum Gasteiger partial charge on any atom is -0.152 e. The third-order valence-electron chi connectivity index (χ3n) is 2.33. The molecular formula is C13H12S. The van der Waals surface area contributed by atoms with E-state index in [1.54, 1.807) is 11.3 Å². The summed E-state index contributed by atoms with van der Waals surface area (Å²) in [5.41, 5.74) is 5.10. The van der Waals surface area contributed by atoms with Gasteiger partial charge < -0.3 is 0 Å². The Bertz CT molecular complexity index is 438. The molecule has 0 nitrogen and oxygen atoms in total. The zero-order chi connectivity index (χ0) is 9.97. The molecule has 0 fully saturated rings. The molecule has 0 saturated carbocycles. The molecule has 0 amide bonds. The van der Waals surface area contributed by atoms with Gasteiger partial charge in [0.15, 0.2) is 0 Å². The third-order valence-corrected chi connectivity index (χ3v) is 3.01. The molecule has 2 rings (SSSR count). The SMILES string of the molecule is C=Cc1ccc(C)c(-c2ccsc2)c1. The zero-order valence-electron chi connectivity index (χ0n) is 8.16. The lowest BCUT2D eigenvalue weighted by Crippen LogP contribution is -1.82. The van der Waals surface area contributed by atoms with Gasteiger partial charge in [-0.2, -0.15) is 11.3 Å². The number of thiophene rings is 1. The molecule has 1 heterocycles. The van der Waals surface area contributed by atoms with Crippen molar-refractivity contribution in [1.82, 2.24) is 0 Å². The molecular weight excluding hydrogens is 188 g/mol. The standard InChI is InChI=1S/C13H12S/c1-3-11-5-4-10(2)13(8-11)12-6-7-14-9-12/h3-9H,1H2,2H3. The average molecular weight is 200 g/mol. The molecule has 1 heteroatoms. The maximum atomic E-state index is 3.79. The summed E-state index contributed by atoms with van der Waals surface area (Å²) in [7, 11) is 0. The topological polar surface area (TPSA) is 0 Å². The molecule has 1 aromatic heterocycles. The van der Waals surface area contributed by atoms with Crippen LogP contribution in [0, 0.1) is 6.92 Å². The van der Waals surface area contributed by atoms with E-state index in [4.69, 9.17) is 0 Å². The summed E-state index contributed by atoms with van der Waals surface area (Å²) >= 11 is 1.73. The van der Waals surface area contributed by atoms with Crippen molar-refractivity contribution in [1.29, 1.82) is 0 Å². The lowest BCUT2D eigenvalue weighted by atomic mass is 10.0. The second-order valence-electron chi connectivity index (χ2n) is 3.29. The van der Waals surface area contributed by atoms with Gasteiger partial charge in [-0.05, 0) is 52.1 Å². The van der Waals surface area contributed by atoms with Crippen molar-refractivity contribution in [3.63, 3.8) is 0 Å². The Kier molecular flexibility index (Phi) is 2.51. The molecule has 0 atom stereocenters. The van der Waals surface area contributed by atoms with E-state index in [1.165, 1.54) is 22.3 Å². The van der Waals surface area contributed by atoms with Gasteiger partial charge in [0.05, 0.1) is 0 Å². The van der Waals surface area contributed by atoms with Gasteiger partial charge in [0.1, 0.15) is 0 Å². The smallest absolute Gasteiger partial charge is 0.00146 e. The Morgan fingerprint density at radius 3 is 2.79 bits per heavy atom. The molecule has 0 aliphatic carbocycles. The predicted molar refractivity (Wildman–Crippen MR) is 64.6 cm³/mol. The van der Waals surface area contributed by atoms with Crippen LogP contribution < -0.4 is 0 Å². The summed E-state index contributed by atoms with van der Waals surface area (Å²) in [6.07, 6.45) is 1.88. The minimum absolute atomic E-state index is 1.18. The lowest BCUT2D eigenvalue weighted by molar-refractivity contribution is 1.46. The molecule has 0 aliphatic heterocycles. The van der Waals surface area contributed by atoms with Crippen LogP contribution in [0.15, 0.2) is 41.6 Å².